The average Bonchev–Trinajstić information content (AvgIpc) is 3.09. The normalized spacial score (nSPS) is 18.2. The van der Waals surface area contributed by atoms with Crippen molar-refractivity contribution in [1.82, 2.24) is 14.9 Å². The number of nitrogens with zero attached hydrogens (tertiary/aromatic N) is 3. The van der Waals surface area contributed by atoms with E-state index in [2.05, 4.69) is 21.9 Å². The van der Waals surface area contributed by atoms with Crippen molar-refractivity contribution in [2.45, 2.75) is 33.3 Å². The quantitative estimate of drug-likeness (QED) is 0.868. The fraction of sp³-hybridized carbons (Fsp3) is 0.500. The standard InChI is InChI=1S/C14H17N3OS.C2H6/c1-10-14(18-12-5-7-17(2)9-12)19-13(16-10)11-4-3-6-15-8-11;1-2/h3-4,6,8,12H,5,7,9H2,1-2H3;1-2H3. The molecular weight excluding hydrogens is 282 g/mol. The molecule has 3 rings (SSSR count). The highest BCUT2D eigenvalue weighted by Crippen LogP contribution is 2.34. The zero-order valence-corrected chi connectivity index (χ0v) is 14.0. The molecule has 3 heterocycles. The van der Waals surface area contributed by atoms with Crippen molar-refractivity contribution in [3.63, 3.8) is 0 Å². The smallest absolute Gasteiger partial charge is 0.197 e. The number of hydrogen-bond donors (Lipinski definition) is 0. The Hall–Kier alpha value is -1.46. The molecule has 0 aliphatic carbocycles. The van der Waals surface area contributed by atoms with Crippen LogP contribution < -0.4 is 4.74 Å². The van der Waals surface area contributed by atoms with Gasteiger partial charge in [-0.1, -0.05) is 25.2 Å². The molecule has 0 spiro atoms. The lowest BCUT2D eigenvalue weighted by atomic mass is 10.3. The molecule has 0 N–H and O–H groups in total. The number of thiazole rings is 1. The molecule has 2 aromatic heterocycles. The first-order chi connectivity index (χ1) is 10.2. The number of likely N-dealkylation sites (tertiary alicyclic amines) is 1. The minimum absolute atomic E-state index is 0.297. The summed E-state index contributed by atoms with van der Waals surface area (Å²) in [5.74, 6) is 0. The minimum Gasteiger partial charge on any atom is -0.478 e. The highest BCUT2D eigenvalue weighted by molar-refractivity contribution is 7.17. The first-order valence-electron chi connectivity index (χ1n) is 7.45. The van der Waals surface area contributed by atoms with Crippen LogP contribution in [-0.2, 0) is 0 Å². The lowest BCUT2D eigenvalue weighted by Gasteiger charge is -2.11. The molecule has 2 aromatic rings. The molecule has 5 heteroatoms. The zero-order valence-electron chi connectivity index (χ0n) is 13.2. The highest BCUT2D eigenvalue weighted by atomic mass is 32.1. The first-order valence-corrected chi connectivity index (χ1v) is 8.27. The second-order valence-electron chi connectivity index (χ2n) is 4.92. The van der Waals surface area contributed by atoms with Crippen molar-refractivity contribution in [2.24, 2.45) is 0 Å². The van der Waals surface area contributed by atoms with Gasteiger partial charge in [0, 0.05) is 31.0 Å². The summed E-state index contributed by atoms with van der Waals surface area (Å²) in [4.78, 5) is 11.0. The first kappa shape index (κ1) is 15.9. The summed E-state index contributed by atoms with van der Waals surface area (Å²) < 4.78 is 6.07. The lowest BCUT2D eigenvalue weighted by Crippen LogP contribution is -2.21. The molecular formula is C16H23N3OS. The van der Waals surface area contributed by atoms with Gasteiger partial charge in [-0.05, 0) is 32.5 Å². The predicted molar refractivity (Wildman–Crippen MR) is 88.0 cm³/mol. The van der Waals surface area contributed by atoms with E-state index in [-0.39, 0.29) is 0 Å². The molecule has 1 fully saturated rings. The molecule has 0 radical (unpaired) electrons. The summed E-state index contributed by atoms with van der Waals surface area (Å²) in [6.07, 6.45) is 5.00. The molecule has 0 aromatic carbocycles. The third-order valence-corrected chi connectivity index (χ3v) is 4.38. The van der Waals surface area contributed by atoms with Crippen LogP contribution in [0.1, 0.15) is 26.0 Å². The Morgan fingerprint density at radius 1 is 1.38 bits per heavy atom. The van der Waals surface area contributed by atoms with E-state index in [1.807, 2.05) is 39.1 Å². The Balaban J connectivity index is 0.000000774. The SMILES string of the molecule is CC.Cc1nc(-c2cccnc2)sc1OC1CCN(C)C1. The van der Waals surface area contributed by atoms with Gasteiger partial charge in [0.25, 0.3) is 0 Å². The maximum Gasteiger partial charge on any atom is 0.197 e. The van der Waals surface area contributed by atoms with Crippen LogP contribution in [0.25, 0.3) is 10.6 Å². The van der Waals surface area contributed by atoms with E-state index in [0.29, 0.717) is 6.10 Å². The lowest BCUT2D eigenvalue weighted by molar-refractivity contribution is 0.213. The van der Waals surface area contributed by atoms with Gasteiger partial charge in [0.2, 0.25) is 0 Å². The van der Waals surface area contributed by atoms with Gasteiger partial charge in [-0.25, -0.2) is 4.98 Å². The van der Waals surface area contributed by atoms with Gasteiger partial charge in [-0.15, -0.1) is 0 Å². The number of rotatable bonds is 3. The van der Waals surface area contributed by atoms with Crippen LogP contribution >= 0.6 is 11.3 Å². The third kappa shape index (κ3) is 4.02. The molecule has 21 heavy (non-hydrogen) atoms. The monoisotopic (exact) mass is 305 g/mol. The van der Waals surface area contributed by atoms with Crippen molar-refractivity contribution in [3.8, 4) is 15.6 Å². The number of aryl methyl sites for hydroxylation is 1. The number of likely N-dealkylation sites (N-methyl/N-ethyl adjacent to an activating group) is 1. The Labute approximate surface area is 130 Å². The number of pyridine rings is 1. The van der Waals surface area contributed by atoms with Crippen molar-refractivity contribution in [1.29, 1.82) is 0 Å². The molecule has 0 saturated carbocycles. The van der Waals surface area contributed by atoms with Crippen molar-refractivity contribution < 1.29 is 4.74 Å². The van der Waals surface area contributed by atoms with E-state index < -0.39 is 0 Å². The number of ether oxygens (including phenoxy) is 1. The third-order valence-electron chi connectivity index (χ3n) is 3.28. The highest BCUT2D eigenvalue weighted by Gasteiger charge is 2.23. The van der Waals surface area contributed by atoms with Gasteiger partial charge in [0.1, 0.15) is 11.1 Å². The molecule has 114 valence electrons. The van der Waals surface area contributed by atoms with E-state index in [1.54, 1.807) is 17.5 Å². The van der Waals surface area contributed by atoms with E-state index in [4.69, 9.17) is 4.74 Å². The summed E-state index contributed by atoms with van der Waals surface area (Å²) in [6.45, 7) is 8.11. The largest absolute Gasteiger partial charge is 0.478 e. The molecule has 0 amide bonds. The van der Waals surface area contributed by atoms with Crippen molar-refractivity contribution in [3.05, 3.63) is 30.2 Å². The average molecular weight is 305 g/mol. The molecule has 1 aliphatic heterocycles. The second-order valence-corrected chi connectivity index (χ2v) is 5.89. The van der Waals surface area contributed by atoms with E-state index >= 15 is 0 Å². The van der Waals surface area contributed by atoms with Crippen LogP contribution in [0.5, 0.6) is 5.06 Å². The van der Waals surface area contributed by atoms with Crippen LogP contribution in [0.3, 0.4) is 0 Å². The summed E-state index contributed by atoms with van der Waals surface area (Å²) in [5.41, 5.74) is 2.02. The van der Waals surface area contributed by atoms with Crippen molar-refractivity contribution in [2.75, 3.05) is 20.1 Å². The molecule has 1 atom stereocenters. The molecule has 1 saturated heterocycles. The van der Waals surface area contributed by atoms with E-state index in [0.717, 1.165) is 40.8 Å². The summed E-state index contributed by atoms with van der Waals surface area (Å²) >= 11 is 1.61. The maximum atomic E-state index is 6.07. The van der Waals surface area contributed by atoms with Crippen LogP contribution in [-0.4, -0.2) is 41.1 Å². The molecule has 4 nitrogen and oxygen atoms in total. The van der Waals surface area contributed by atoms with Crippen LogP contribution in [0, 0.1) is 6.92 Å². The fourth-order valence-corrected chi connectivity index (χ4v) is 3.22. The van der Waals surface area contributed by atoms with E-state index in [9.17, 15) is 0 Å². The molecule has 0 bridgehead atoms. The molecule has 1 unspecified atom stereocenters. The topological polar surface area (TPSA) is 38.3 Å². The zero-order chi connectivity index (χ0) is 15.2. The Bertz CT molecular complexity index is 556. The van der Waals surface area contributed by atoms with Gasteiger partial charge in [0.15, 0.2) is 5.06 Å². The second kappa shape index (κ2) is 7.52. The van der Waals surface area contributed by atoms with Crippen molar-refractivity contribution >= 4 is 11.3 Å². The minimum atomic E-state index is 0.297. The van der Waals surface area contributed by atoms with E-state index in [1.165, 1.54) is 0 Å². The van der Waals surface area contributed by atoms with Crippen LogP contribution in [0.15, 0.2) is 24.5 Å². The molecule has 1 aliphatic rings. The fourth-order valence-electron chi connectivity index (χ4n) is 2.25. The number of aromatic nitrogens is 2. The Morgan fingerprint density at radius 3 is 2.81 bits per heavy atom. The summed E-state index contributed by atoms with van der Waals surface area (Å²) in [5, 5.41) is 1.92. The summed E-state index contributed by atoms with van der Waals surface area (Å²) in [6, 6.07) is 3.96. The van der Waals surface area contributed by atoms with Gasteiger partial charge in [0.05, 0.1) is 5.69 Å². The van der Waals surface area contributed by atoms with Gasteiger partial charge in [-0.2, -0.15) is 0 Å². The van der Waals surface area contributed by atoms with Crippen LogP contribution in [0.4, 0.5) is 0 Å². The Morgan fingerprint density at radius 2 is 2.19 bits per heavy atom. The predicted octanol–water partition coefficient (Wildman–Crippen LogP) is 3.62. The van der Waals surface area contributed by atoms with Gasteiger partial charge in [-0.3, -0.25) is 4.98 Å². The van der Waals surface area contributed by atoms with Gasteiger partial charge < -0.3 is 9.64 Å². The van der Waals surface area contributed by atoms with Gasteiger partial charge >= 0.3 is 0 Å². The van der Waals surface area contributed by atoms with Crippen LogP contribution in [0.2, 0.25) is 0 Å². The number of hydrogen-bond acceptors (Lipinski definition) is 5. The Kier molecular flexibility index (Phi) is 5.70. The summed E-state index contributed by atoms with van der Waals surface area (Å²) in [7, 11) is 2.13. The maximum absolute atomic E-state index is 6.07.